The van der Waals surface area contributed by atoms with Gasteiger partial charge < -0.3 is 9.73 Å². The first kappa shape index (κ1) is 12.6. The summed E-state index contributed by atoms with van der Waals surface area (Å²) in [6.07, 6.45) is 3.46. The van der Waals surface area contributed by atoms with E-state index >= 15 is 0 Å². The first-order valence-corrected chi connectivity index (χ1v) is 6.49. The quantitative estimate of drug-likeness (QED) is 0.870. The Morgan fingerprint density at radius 2 is 2.39 bits per heavy atom. The second-order valence-electron chi connectivity index (χ2n) is 3.64. The molecule has 0 aromatic carbocycles. The van der Waals surface area contributed by atoms with Crippen LogP contribution in [0.2, 0.25) is 0 Å². The Bertz CT molecular complexity index is 495. The van der Waals surface area contributed by atoms with Gasteiger partial charge in [-0.15, -0.1) is 10.2 Å². The monoisotopic (exact) mass is 266 g/mol. The number of anilines is 1. The van der Waals surface area contributed by atoms with Crippen molar-refractivity contribution in [1.82, 2.24) is 15.5 Å². The lowest BCUT2D eigenvalue weighted by Gasteiger charge is -2.02. The lowest BCUT2D eigenvalue weighted by Crippen LogP contribution is -2.27. The second kappa shape index (κ2) is 6.15. The molecule has 2 aromatic heterocycles. The number of aromatic nitrogens is 2. The summed E-state index contributed by atoms with van der Waals surface area (Å²) < 4.78 is 5.10. The molecule has 0 fully saturated rings. The van der Waals surface area contributed by atoms with E-state index in [0.29, 0.717) is 17.4 Å². The van der Waals surface area contributed by atoms with Crippen LogP contribution in [0.15, 0.2) is 22.8 Å². The molecule has 7 heteroatoms. The number of carbonyl (C=O) groups is 1. The number of aryl methyl sites for hydroxylation is 1. The van der Waals surface area contributed by atoms with Crippen LogP contribution in [0.5, 0.6) is 0 Å². The molecular formula is C11H14N4O2S. The first-order valence-electron chi connectivity index (χ1n) is 5.67. The molecule has 0 saturated carbocycles. The highest BCUT2D eigenvalue weighted by molar-refractivity contribution is 7.15. The lowest BCUT2D eigenvalue weighted by atomic mass is 10.4. The van der Waals surface area contributed by atoms with Crippen molar-refractivity contribution in [2.24, 2.45) is 0 Å². The number of nitrogens with one attached hydrogen (secondary N) is 2. The molecule has 0 spiro atoms. The lowest BCUT2D eigenvalue weighted by molar-refractivity contribution is 0.251. The third-order valence-electron chi connectivity index (χ3n) is 2.15. The summed E-state index contributed by atoms with van der Waals surface area (Å²) in [6.45, 7) is 2.42. The van der Waals surface area contributed by atoms with E-state index in [1.54, 1.807) is 18.4 Å². The van der Waals surface area contributed by atoms with E-state index in [1.807, 2.05) is 0 Å². The standard InChI is InChI=1S/C11H14N4O2S/c1-2-4-9-14-15-11(18-9)13-10(16)12-7-8-5-3-6-17-8/h3,5-6H,2,4,7H2,1H3,(H2,12,13,15,16). The fourth-order valence-corrected chi connectivity index (χ4v) is 2.18. The van der Waals surface area contributed by atoms with Gasteiger partial charge in [-0.05, 0) is 18.6 Å². The van der Waals surface area contributed by atoms with Crippen molar-refractivity contribution in [2.45, 2.75) is 26.3 Å². The zero-order valence-electron chi connectivity index (χ0n) is 9.97. The van der Waals surface area contributed by atoms with Crippen LogP contribution in [0.3, 0.4) is 0 Å². The number of hydrogen-bond acceptors (Lipinski definition) is 5. The fourth-order valence-electron chi connectivity index (χ4n) is 1.34. The van der Waals surface area contributed by atoms with Crippen LogP contribution in [-0.4, -0.2) is 16.2 Å². The van der Waals surface area contributed by atoms with Crippen LogP contribution >= 0.6 is 11.3 Å². The molecule has 2 rings (SSSR count). The molecule has 2 N–H and O–H groups in total. The number of furan rings is 1. The molecular weight excluding hydrogens is 252 g/mol. The summed E-state index contributed by atoms with van der Waals surface area (Å²) in [5, 5.41) is 14.6. The summed E-state index contributed by atoms with van der Waals surface area (Å²) in [5.74, 6) is 0.703. The third kappa shape index (κ3) is 3.56. The van der Waals surface area contributed by atoms with Crippen LogP contribution in [0.25, 0.3) is 0 Å². The van der Waals surface area contributed by atoms with Crippen LogP contribution in [0.4, 0.5) is 9.93 Å². The average Bonchev–Trinajstić information content (AvgIpc) is 2.99. The third-order valence-corrected chi connectivity index (χ3v) is 3.05. The molecule has 2 heterocycles. The van der Waals surface area contributed by atoms with Gasteiger partial charge in [-0.2, -0.15) is 0 Å². The van der Waals surface area contributed by atoms with E-state index in [-0.39, 0.29) is 6.03 Å². The molecule has 0 aliphatic rings. The number of nitrogens with zero attached hydrogens (tertiary/aromatic N) is 2. The van der Waals surface area contributed by atoms with Crippen molar-refractivity contribution in [3.05, 3.63) is 29.2 Å². The maximum Gasteiger partial charge on any atom is 0.321 e. The zero-order valence-corrected chi connectivity index (χ0v) is 10.8. The van der Waals surface area contributed by atoms with Crippen molar-refractivity contribution >= 4 is 22.5 Å². The van der Waals surface area contributed by atoms with Crippen LogP contribution < -0.4 is 10.6 Å². The topological polar surface area (TPSA) is 80.0 Å². The van der Waals surface area contributed by atoms with Crippen molar-refractivity contribution in [1.29, 1.82) is 0 Å². The maximum absolute atomic E-state index is 11.5. The van der Waals surface area contributed by atoms with Gasteiger partial charge in [0.05, 0.1) is 12.8 Å². The van der Waals surface area contributed by atoms with Crippen molar-refractivity contribution in [3.8, 4) is 0 Å². The van der Waals surface area contributed by atoms with Gasteiger partial charge in [0.2, 0.25) is 5.13 Å². The molecule has 0 aliphatic heterocycles. The summed E-state index contributed by atoms with van der Waals surface area (Å²) in [6, 6.07) is 3.26. The van der Waals surface area contributed by atoms with Gasteiger partial charge in [0.25, 0.3) is 0 Å². The largest absolute Gasteiger partial charge is 0.467 e. The van der Waals surface area contributed by atoms with Crippen LogP contribution in [0, 0.1) is 0 Å². The van der Waals surface area contributed by atoms with Crippen molar-refractivity contribution < 1.29 is 9.21 Å². The molecule has 0 saturated heterocycles. The number of urea groups is 1. The molecule has 0 unspecified atom stereocenters. The minimum absolute atomic E-state index is 0.314. The average molecular weight is 266 g/mol. The highest BCUT2D eigenvalue weighted by Gasteiger charge is 2.07. The first-order chi connectivity index (χ1) is 8.78. The predicted molar refractivity (Wildman–Crippen MR) is 68.5 cm³/mol. The van der Waals surface area contributed by atoms with Crippen molar-refractivity contribution in [3.63, 3.8) is 0 Å². The highest BCUT2D eigenvalue weighted by atomic mass is 32.1. The Morgan fingerprint density at radius 3 is 3.11 bits per heavy atom. The van der Waals surface area contributed by atoms with Crippen molar-refractivity contribution in [2.75, 3.05) is 5.32 Å². The Labute approximate surface area is 108 Å². The molecule has 2 aromatic rings. The molecule has 0 radical (unpaired) electrons. The molecule has 6 nitrogen and oxygen atoms in total. The Kier molecular flexibility index (Phi) is 4.30. The van der Waals surface area contributed by atoms with Gasteiger partial charge in [-0.3, -0.25) is 5.32 Å². The Balaban J connectivity index is 1.79. The van der Waals surface area contributed by atoms with E-state index in [9.17, 15) is 4.79 Å². The minimum Gasteiger partial charge on any atom is -0.467 e. The van der Waals surface area contributed by atoms with E-state index in [2.05, 4.69) is 27.8 Å². The molecule has 0 aliphatic carbocycles. The molecule has 0 bridgehead atoms. The van der Waals surface area contributed by atoms with Gasteiger partial charge in [-0.25, -0.2) is 4.79 Å². The van der Waals surface area contributed by atoms with E-state index in [0.717, 1.165) is 17.8 Å². The molecule has 0 atom stereocenters. The molecule has 18 heavy (non-hydrogen) atoms. The molecule has 96 valence electrons. The maximum atomic E-state index is 11.5. The predicted octanol–water partition coefficient (Wildman–Crippen LogP) is 2.41. The minimum atomic E-state index is -0.314. The van der Waals surface area contributed by atoms with Crippen LogP contribution in [0.1, 0.15) is 24.1 Å². The number of hydrogen-bond donors (Lipinski definition) is 2. The number of carbonyl (C=O) groups excluding carboxylic acids is 1. The summed E-state index contributed by atoms with van der Waals surface area (Å²) in [5.41, 5.74) is 0. The second-order valence-corrected chi connectivity index (χ2v) is 4.70. The summed E-state index contributed by atoms with van der Waals surface area (Å²) >= 11 is 1.39. The van der Waals surface area contributed by atoms with Gasteiger partial charge >= 0.3 is 6.03 Å². The van der Waals surface area contributed by atoms with Gasteiger partial charge in [-0.1, -0.05) is 18.3 Å². The SMILES string of the molecule is CCCc1nnc(NC(=O)NCc2ccco2)s1. The smallest absolute Gasteiger partial charge is 0.321 e. The fraction of sp³-hybridized carbons (Fsp3) is 0.364. The summed E-state index contributed by atoms with van der Waals surface area (Å²) in [7, 11) is 0. The van der Waals surface area contributed by atoms with Gasteiger partial charge in [0.15, 0.2) is 0 Å². The van der Waals surface area contributed by atoms with E-state index < -0.39 is 0 Å². The normalized spacial score (nSPS) is 10.3. The Morgan fingerprint density at radius 1 is 1.50 bits per heavy atom. The number of rotatable bonds is 5. The van der Waals surface area contributed by atoms with Gasteiger partial charge in [0.1, 0.15) is 10.8 Å². The highest BCUT2D eigenvalue weighted by Crippen LogP contribution is 2.16. The zero-order chi connectivity index (χ0) is 12.8. The number of amides is 2. The van der Waals surface area contributed by atoms with E-state index in [4.69, 9.17) is 4.42 Å². The van der Waals surface area contributed by atoms with E-state index in [1.165, 1.54) is 11.3 Å². The van der Waals surface area contributed by atoms with Gasteiger partial charge in [0, 0.05) is 6.42 Å². The summed E-state index contributed by atoms with van der Waals surface area (Å²) in [4.78, 5) is 11.5. The Hall–Kier alpha value is -1.89. The molecule has 2 amide bonds. The van der Waals surface area contributed by atoms with Crippen LogP contribution in [-0.2, 0) is 13.0 Å².